The lowest BCUT2D eigenvalue weighted by Gasteiger charge is -2.21. The second-order valence-corrected chi connectivity index (χ2v) is 6.81. The Hall–Kier alpha value is -2.74. The van der Waals surface area contributed by atoms with Gasteiger partial charge >= 0.3 is 6.09 Å². The lowest BCUT2D eigenvalue weighted by molar-refractivity contribution is -0.118. The number of aromatic nitrogens is 1. The minimum atomic E-state index is -1.29. The number of amides is 2. The van der Waals surface area contributed by atoms with E-state index < -0.39 is 18.0 Å². The molecule has 0 fully saturated rings. The number of carboxylic acid groups (broad SMARTS) is 1. The fraction of sp³-hybridized carbons (Fsp3) is 0.222. The first kappa shape index (κ1) is 19.6. The third kappa shape index (κ3) is 4.89. The highest BCUT2D eigenvalue weighted by Gasteiger charge is 2.25. The van der Waals surface area contributed by atoms with Gasteiger partial charge in [-0.2, -0.15) is 0 Å². The summed E-state index contributed by atoms with van der Waals surface area (Å²) in [5.41, 5.74) is 0.779. The van der Waals surface area contributed by atoms with Crippen LogP contribution in [0, 0.1) is 5.92 Å². The van der Waals surface area contributed by atoms with Crippen LogP contribution in [0.25, 0.3) is 0 Å². The summed E-state index contributed by atoms with van der Waals surface area (Å²) in [7, 11) is 0. The zero-order valence-electron chi connectivity index (χ0n) is 14.2. The van der Waals surface area contributed by atoms with Crippen molar-refractivity contribution < 1.29 is 19.5 Å². The predicted molar refractivity (Wildman–Crippen MR) is 100 cm³/mol. The number of anilines is 1. The second-order valence-electron chi connectivity index (χ2n) is 5.89. The molecule has 0 saturated heterocycles. The van der Waals surface area contributed by atoms with Crippen molar-refractivity contribution in [1.29, 1.82) is 0 Å². The van der Waals surface area contributed by atoms with Gasteiger partial charge in [-0.25, -0.2) is 4.79 Å². The first-order valence-corrected chi connectivity index (χ1v) is 8.64. The quantitative estimate of drug-likeness (QED) is 0.622. The van der Waals surface area contributed by atoms with Crippen molar-refractivity contribution in [3.8, 4) is 0 Å². The highest BCUT2D eigenvalue weighted by molar-refractivity contribution is 9.10. The third-order valence-corrected chi connectivity index (χ3v) is 4.10. The summed E-state index contributed by atoms with van der Waals surface area (Å²) in [5.74, 6) is -1.16. The van der Waals surface area contributed by atoms with E-state index in [9.17, 15) is 14.4 Å². The number of hydrogen-bond donors (Lipinski definition) is 3. The van der Waals surface area contributed by atoms with Gasteiger partial charge in [0.15, 0.2) is 0 Å². The van der Waals surface area contributed by atoms with Crippen molar-refractivity contribution in [2.45, 2.75) is 19.9 Å². The van der Waals surface area contributed by atoms with Gasteiger partial charge in [0.1, 0.15) is 11.7 Å². The van der Waals surface area contributed by atoms with Gasteiger partial charge in [0.2, 0.25) is 11.7 Å². The molecular weight excluding hydrogens is 402 g/mol. The van der Waals surface area contributed by atoms with E-state index in [1.54, 1.807) is 50.2 Å². The summed E-state index contributed by atoms with van der Waals surface area (Å²) in [6, 6.07) is 8.87. The number of hydrogen-bond acceptors (Lipinski definition) is 4. The van der Waals surface area contributed by atoms with E-state index in [4.69, 9.17) is 5.11 Å². The molecule has 1 aromatic heterocycles. The number of rotatable bonds is 6. The summed E-state index contributed by atoms with van der Waals surface area (Å²) >= 11 is 3.31. The molecule has 136 valence electrons. The van der Waals surface area contributed by atoms with Crippen molar-refractivity contribution >= 4 is 39.4 Å². The molecule has 0 spiro atoms. The van der Waals surface area contributed by atoms with Crippen molar-refractivity contribution in [2.24, 2.45) is 5.92 Å². The first-order valence-electron chi connectivity index (χ1n) is 7.85. The lowest BCUT2D eigenvalue weighted by atomic mass is 10.0. The van der Waals surface area contributed by atoms with Crippen LogP contribution in [0.3, 0.4) is 0 Å². The average molecular weight is 420 g/mol. The van der Waals surface area contributed by atoms with Crippen LogP contribution in [0.2, 0.25) is 0 Å². The number of halogens is 1. The molecule has 2 amide bonds. The van der Waals surface area contributed by atoms with Crippen LogP contribution in [0.5, 0.6) is 0 Å². The second kappa shape index (κ2) is 8.57. The monoisotopic (exact) mass is 419 g/mol. The fourth-order valence-corrected chi connectivity index (χ4v) is 2.69. The molecule has 3 N–H and O–H groups in total. The van der Waals surface area contributed by atoms with E-state index in [1.165, 1.54) is 6.20 Å². The van der Waals surface area contributed by atoms with Crippen molar-refractivity contribution in [2.75, 3.05) is 5.32 Å². The van der Waals surface area contributed by atoms with Crippen LogP contribution in [0.4, 0.5) is 10.5 Å². The van der Waals surface area contributed by atoms with Gasteiger partial charge in [-0.05, 0) is 36.2 Å². The molecule has 1 heterocycles. The van der Waals surface area contributed by atoms with Gasteiger partial charge in [0, 0.05) is 16.2 Å². The normalized spacial score (nSPS) is 11.7. The molecule has 0 saturated carbocycles. The highest BCUT2D eigenvalue weighted by atomic mass is 79.9. The Kier molecular flexibility index (Phi) is 6.46. The van der Waals surface area contributed by atoms with Crippen LogP contribution < -0.4 is 10.6 Å². The van der Waals surface area contributed by atoms with Gasteiger partial charge in [-0.3, -0.25) is 14.6 Å². The summed E-state index contributed by atoms with van der Waals surface area (Å²) in [4.78, 5) is 40.2. The maximum Gasteiger partial charge on any atom is 0.405 e. The molecule has 0 radical (unpaired) electrons. The number of nitrogens with one attached hydrogen (secondary N) is 2. The standard InChI is InChI=1S/C18H18BrN3O4/c1-10(2)15(22-18(25)26)17(24)21-13-7-6-11(19)9-12(13)16(23)14-5-3-4-8-20-14/h3-10,15,22H,1-2H3,(H,21,24)(H,25,26). The molecule has 0 aliphatic heterocycles. The van der Waals surface area contributed by atoms with E-state index in [1.807, 2.05) is 0 Å². The summed E-state index contributed by atoms with van der Waals surface area (Å²) < 4.78 is 0.666. The Labute approximate surface area is 159 Å². The molecule has 2 rings (SSSR count). The summed E-state index contributed by atoms with van der Waals surface area (Å²) in [6.07, 6.45) is 0.217. The number of carbonyl (C=O) groups excluding carboxylic acids is 2. The average Bonchev–Trinajstić information content (AvgIpc) is 2.60. The zero-order chi connectivity index (χ0) is 19.3. The maximum absolute atomic E-state index is 12.7. The Bertz CT molecular complexity index is 824. The number of pyridine rings is 1. The molecule has 8 heteroatoms. The number of carbonyl (C=O) groups is 3. The topological polar surface area (TPSA) is 108 Å². The molecule has 1 unspecified atom stereocenters. The van der Waals surface area contributed by atoms with E-state index in [0.29, 0.717) is 4.47 Å². The van der Waals surface area contributed by atoms with E-state index >= 15 is 0 Å². The number of benzene rings is 1. The van der Waals surface area contributed by atoms with Gasteiger partial charge in [-0.1, -0.05) is 35.8 Å². The molecule has 7 nitrogen and oxygen atoms in total. The molecule has 0 aliphatic carbocycles. The minimum absolute atomic E-state index is 0.241. The Morgan fingerprint density at radius 1 is 1.15 bits per heavy atom. The van der Waals surface area contributed by atoms with Crippen molar-refractivity contribution in [3.05, 3.63) is 58.3 Å². The molecule has 1 atom stereocenters. The van der Waals surface area contributed by atoms with Crippen molar-refractivity contribution in [3.63, 3.8) is 0 Å². The van der Waals surface area contributed by atoms with Gasteiger partial charge < -0.3 is 15.7 Å². The number of nitrogens with zero attached hydrogens (tertiary/aromatic N) is 1. The van der Waals surface area contributed by atoms with Gasteiger partial charge in [0.05, 0.1) is 5.69 Å². The molecule has 0 bridgehead atoms. The first-order chi connectivity index (χ1) is 12.3. The van der Waals surface area contributed by atoms with E-state index in [0.717, 1.165) is 0 Å². The van der Waals surface area contributed by atoms with Crippen LogP contribution in [-0.4, -0.2) is 33.9 Å². The largest absolute Gasteiger partial charge is 0.465 e. The maximum atomic E-state index is 12.7. The Morgan fingerprint density at radius 3 is 2.46 bits per heavy atom. The highest BCUT2D eigenvalue weighted by Crippen LogP contribution is 2.24. The zero-order valence-corrected chi connectivity index (χ0v) is 15.8. The summed E-state index contributed by atoms with van der Waals surface area (Å²) in [5, 5.41) is 13.7. The number of ketones is 1. The Morgan fingerprint density at radius 2 is 1.88 bits per heavy atom. The SMILES string of the molecule is CC(C)C(NC(=O)O)C(=O)Nc1ccc(Br)cc1C(=O)c1ccccn1. The van der Waals surface area contributed by atoms with Gasteiger partial charge in [-0.15, -0.1) is 0 Å². The summed E-state index contributed by atoms with van der Waals surface area (Å²) in [6.45, 7) is 3.45. The third-order valence-electron chi connectivity index (χ3n) is 3.61. The predicted octanol–water partition coefficient (Wildman–Crippen LogP) is 3.31. The van der Waals surface area contributed by atoms with Crippen molar-refractivity contribution in [1.82, 2.24) is 10.3 Å². The molecule has 0 aliphatic rings. The van der Waals surface area contributed by atoms with E-state index in [2.05, 4.69) is 31.5 Å². The smallest absolute Gasteiger partial charge is 0.405 e. The van der Waals surface area contributed by atoms with Gasteiger partial charge in [0.25, 0.3) is 0 Å². The van der Waals surface area contributed by atoms with Crippen LogP contribution in [0.1, 0.15) is 29.9 Å². The molecular formula is C18H18BrN3O4. The fourth-order valence-electron chi connectivity index (χ4n) is 2.33. The minimum Gasteiger partial charge on any atom is -0.465 e. The van der Waals surface area contributed by atoms with E-state index in [-0.39, 0.29) is 28.6 Å². The molecule has 1 aromatic carbocycles. The molecule has 26 heavy (non-hydrogen) atoms. The van der Waals surface area contributed by atoms with Crippen LogP contribution in [-0.2, 0) is 4.79 Å². The van der Waals surface area contributed by atoms with Crippen LogP contribution in [0.15, 0.2) is 47.1 Å². The lowest BCUT2D eigenvalue weighted by Crippen LogP contribution is -2.46. The molecule has 2 aromatic rings. The van der Waals surface area contributed by atoms with Crippen LogP contribution >= 0.6 is 15.9 Å². The Balaban J connectivity index is 2.34.